The van der Waals surface area contributed by atoms with Crippen molar-refractivity contribution < 1.29 is 19.1 Å². The molecule has 2 aromatic rings. The Kier molecular flexibility index (Phi) is 8.47. The van der Waals surface area contributed by atoms with Gasteiger partial charge < -0.3 is 25.6 Å². The molecule has 0 radical (unpaired) electrons. The minimum atomic E-state index is -1.17. The Hall–Kier alpha value is -3.23. The van der Waals surface area contributed by atoms with E-state index in [0.717, 1.165) is 16.7 Å². The van der Waals surface area contributed by atoms with Gasteiger partial charge in [0.05, 0.1) is 23.7 Å². The Morgan fingerprint density at radius 3 is 2.46 bits per heavy atom. The number of benzene rings is 2. The number of nitrogens with two attached hydrogens (primary N) is 1. The zero-order valence-corrected chi connectivity index (χ0v) is 23.8. The van der Waals surface area contributed by atoms with Crippen molar-refractivity contribution in [1.29, 1.82) is 0 Å². The first kappa shape index (κ1) is 28.8. The Morgan fingerprint density at radius 2 is 1.82 bits per heavy atom. The number of ether oxygens (including phenoxy) is 1. The quantitative estimate of drug-likeness (QED) is 0.542. The number of amides is 3. The summed E-state index contributed by atoms with van der Waals surface area (Å²) in [5.41, 5.74) is 7.45. The average molecular weight is 535 g/mol. The predicted octanol–water partition coefficient (Wildman–Crippen LogP) is 2.99. The summed E-state index contributed by atoms with van der Waals surface area (Å²) < 4.78 is 6.09. The molecule has 4 atom stereocenters. The summed E-state index contributed by atoms with van der Waals surface area (Å²) in [6.45, 7) is 8.78. The van der Waals surface area contributed by atoms with Crippen LogP contribution in [0, 0.1) is 12.3 Å². The molecule has 2 aliphatic heterocycles. The molecule has 2 aromatic carbocycles. The summed E-state index contributed by atoms with van der Waals surface area (Å²) >= 11 is 0. The summed E-state index contributed by atoms with van der Waals surface area (Å²) in [6.07, 6.45) is 0.804. The molecule has 0 saturated carbocycles. The molecule has 1 spiro atoms. The van der Waals surface area contributed by atoms with Crippen LogP contribution in [0.3, 0.4) is 0 Å². The Labute approximate surface area is 231 Å². The van der Waals surface area contributed by atoms with Gasteiger partial charge in [-0.15, -0.1) is 0 Å². The van der Waals surface area contributed by atoms with E-state index in [0.29, 0.717) is 39.1 Å². The number of piperidine rings is 1. The minimum absolute atomic E-state index is 0.0195. The Balaban J connectivity index is 1.59. The molecule has 8 heteroatoms. The summed E-state index contributed by atoms with van der Waals surface area (Å²) in [5, 5.41) is 2.86. The van der Waals surface area contributed by atoms with Crippen molar-refractivity contribution in [2.75, 3.05) is 26.7 Å². The summed E-state index contributed by atoms with van der Waals surface area (Å²) in [7, 11) is 1.84. The fraction of sp³-hybridized carbons (Fsp3) is 0.516. The van der Waals surface area contributed by atoms with Crippen LogP contribution in [0.1, 0.15) is 56.2 Å². The molecular formula is C31H42N4O4. The number of carbonyl (C=O) groups is 3. The van der Waals surface area contributed by atoms with E-state index < -0.39 is 29.0 Å². The molecule has 210 valence electrons. The first-order valence-corrected chi connectivity index (χ1v) is 13.8. The molecule has 2 heterocycles. The van der Waals surface area contributed by atoms with Crippen LogP contribution in [0.2, 0.25) is 0 Å². The lowest BCUT2D eigenvalue weighted by atomic mass is 9.69. The maximum absolute atomic E-state index is 14.1. The second-order valence-corrected chi connectivity index (χ2v) is 11.8. The van der Waals surface area contributed by atoms with Crippen molar-refractivity contribution in [3.8, 4) is 0 Å². The van der Waals surface area contributed by atoms with Crippen molar-refractivity contribution >= 4 is 17.7 Å². The maximum atomic E-state index is 14.1. The largest absolute Gasteiger partial charge is 0.371 e. The molecule has 3 N–H and O–H groups in total. The van der Waals surface area contributed by atoms with Gasteiger partial charge in [-0.3, -0.25) is 14.4 Å². The highest BCUT2D eigenvalue weighted by atomic mass is 16.5. The highest BCUT2D eigenvalue weighted by molar-refractivity contribution is 5.93. The third-order valence-corrected chi connectivity index (χ3v) is 8.17. The van der Waals surface area contributed by atoms with Gasteiger partial charge in [0.1, 0.15) is 6.04 Å². The number of likely N-dealkylation sites (tertiary alicyclic amines) is 2. The molecular weight excluding hydrogens is 492 g/mol. The lowest BCUT2D eigenvalue weighted by Gasteiger charge is -2.43. The van der Waals surface area contributed by atoms with E-state index in [2.05, 4.69) is 29.6 Å². The van der Waals surface area contributed by atoms with Gasteiger partial charge in [0.15, 0.2) is 0 Å². The van der Waals surface area contributed by atoms with Crippen LogP contribution in [0.25, 0.3) is 0 Å². The van der Waals surface area contributed by atoms with Crippen LogP contribution in [0.15, 0.2) is 54.6 Å². The van der Waals surface area contributed by atoms with Crippen molar-refractivity contribution in [3.05, 3.63) is 71.3 Å². The predicted molar refractivity (Wildman–Crippen MR) is 151 cm³/mol. The van der Waals surface area contributed by atoms with Crippen molar-refractivity contribution in [1.82, 2.24) is 15.1 Å². The molecule has 0 aliphatic carbocycles. The molecule has 4 rings (SSSR count). The third-order valence-electron chi connectivity index (χ3n) is 8.17. The lowest BCUT2D eigenvalue weighted by Crippen LogP contribution is -2.62. The van der Waals surface area contributed by atoms with Gasteiger partial charge in [0.2, 0.25) is 17.7 Å². The molecule has 0 bridgehead atoms. The summed E-state index contributed by atoms with van der Waals surface area (Å²) in [6, 6.07) is 17.1. The van der Waals surface area contributed by atoms with E-state index in [9.17, 15) is 14.4 Å². The van der Waals surface area contributed by atoms with Crippen LogP contribution in [-0.4, -0.2) is 71.9 Å². The molecule has 2 fully saturated rings. The van der Waals surface area contributed by atoms with E-state index in [1.54, 1.807) is 30.6 Å². The molecule has 0 aromatic heterocycles. The highest BCUT2D eigenvalue weighted by Crippen LogP contribution is 2.49. The number of nitrogens with one attached hydrogen (secondary N) is 1. The van der Waals surface area contributed by atoms with Crippen LogP contribution in [0.4, 0.5) is 0 Å². The smallest absolute Gasteiger partial charge is 0.247 e. The summed E-state index contributed by atoms with van der Waals surface area (Å²) in [4.78, 5) is 44.2. The molecule has 39 heavy (non-hydrogen) atoms. The number of nitrogens with zero attached hydrogens (tertiary/aromatic N) is 2. The van der Waals surface area contributed by atoms with E-state index in [1.165, 1.54) is 0 Å². The number of rotatable bonds is 8. The van der Waals surface area contributed by atoms with Gasteiger partial charge >= 0.3 is 0 Å². The molecule has 3 amide bonds. The van der Waals surface area contributed by atoms with Gasteiger partial charge in [-0.25, -0.2) is 0 Å². The van der Waals surface area contributed by atoms with E-state index in [1.807, 2.05) is 44.3 Å². The number of hydrogen-bond acceptors (Lipinski definition) is 5. The molecule has 8 nitrogen and oxygen atoms in total. The van der Waals surface area contributed by atoms with Crippen molar-refractivity contribution in [2.45, 2.75) is 70.7 Å². The molecule has 2 saturated heterocycles. The molecule has 4 unspecified atom stereocenters. The number of aryl methyl sites for hydroxylation is 1. The standard InChI is InChI=1S/C31H42N4O4/c1-21-12-14-24(15-13-21)25-18-34(5)29(38)31(25)16-9-17-35(20-31)27(36)26(33-28(37)30(3,4)32)22(2)39-19-23-10-7-6-8-11-23/h6-8,10-15,22,25-26H,9,16-20,32H2,1-5H3,(H,33,37). The fourth-order valence-corrected chi connectivity index (χ4v) is 5.82. The SMILES string of the molecule is Cc1ccc(C2CN(C)C(=O)C23CCCN(C(=O)C(NC(=O)C(C)(C)N)C(C)OCc2ccccc2)C3)cc1. The normalized spacial score (nSPS) is 23.1. The van der Waals surface area contributed by atoms with Gasteiger partial charge in [0.25, 0.3) is 0 Å². The topological polar surface area (TPSA) is 105 Å². The number of hydrogen-bond donors (Lipinski definition) is 2. The van der Waals surface area contributed by atoms with Crippen LogP contribution in [-0.2, 0) is 25.7 Å². The van der Waals surface area contributed by atoms with Crippen molar-refractivity contribution in [3.63, 3.8) is 0 Å². The van der Waals surface area contributed by atoms with E-state index >= 15 is 0 Å². The zero-order chi connectivity index (χ0) is 28.4. The Bertz CT molecular complexity index is 1180. The maximum Gasteiger partial charge on any atom is 0.247 e. The summed E-state index contributed by atoms with van der Waals surface area (Å²) in [5.74, 6) is -0.634. The van der Waals surface area contributed by atoms with Gasteiger partial charge in [0, 0.05) is 32.6 Å². The van der Waals surface area contributed by atoms with E-state index in [4.69, 9.17) is 10.5 Å². The molecule has 2 aliphatic rings. The third kappa shape index (κ3) is 6.17. The van der Waals surface area contributed by atoms with Crippen molar-refractivity contribution in [2.24, 2.45) is 11.1 Å². The second kappa shape index (κ2) is 11.5. The van der Waals surface area contributed by atoms with Crippen LogP contribution < -0.4 is 11.1 Å². The highest BCUT2D eigenvalue weighted by Gasteiger charge is 2.56. The van der Waals surface area contributed by atoms with Gasteiger partial charge in [-0.05, 0) is 51.7 Å². The average Bonchev–Trinajstić information content (AvgIpc) is 3.15. The zero-order valence-electron chi connectivity index (χ0n) is 23.8. The first-order chi connectivity index (χ1) is 18.4. The van der Waals surface area contributed by atoms with Crippen LogP contribution >= 0.6 is 0 Å². The first-order valence-electron chi connectivity index (χ1n) is 13.8. The van der Waals surface area contributed by atoms with Gasteiger partial charge in [-0.2, -0.15) is 0 Å². The fourth-order valence-electron chi connectivity index (χ4n) is 5.82. The van der Waals surface area contributed by atoms with Crippen LogP contribution in [0.5, 0.6) is 0 Å². The monoisotopic (exact) mass is 534 g/mol. The minimum Gasteiger partial charge on any atom is -0.371 e. The Morgan fingerprint density at radius 1 is 1.15 bits per heavy atom. The second-order valence-electron chi connectivity index (χ2n) is 11.8. The van der Waals surface area contributed by atoms with E-state index in [-0.39, 0.29) is 17.7 Å². The lowest BCUT2D eigenvalue weighted by molar-refractivity contribution is -0.148. The number of carbonyl (C=O) groups excluding carboxylic acids is 3. The number of likely N-dealkylation sites (N-methyl/N-ethyl adjacent to an activating group) is 1. The van der Waals surface area contributed by atoms with Gasteiger partial charge in [-0.1, -0.05) is 60.2 Å².